The van der Waals surface area contributed by atoms with Gasteiger partial charge < -0.3 is 9.21 Å². The molecule has 0 fully saturated rings. The SMILES string of the molecule is COC1=C/C(=C(\Cl)c2cccn2B(F)F)N=C1. The summed E-state index contributed by atoms with van der Waals surface area (Å²) < 4.78 is 31.0. The van der Waals surface area contributed by atoms with Crippen molar-refractivity contribution < 1.29 is 13.4 Å². The second-order valence-corrected chi connectivity index (χ2v) is 3.66. The largest absolute Gasteiger partial charge is 0.677 e. The molecule has 0 aliphatic carbocycles. The number of hydrogen-bond donors (Lipinski definition) is 0. The van der Waals surface area contributed by atoms with Gasteiger partial charge in [0, 0.05) is 6.08 Å². The Morgan fingerprint density at radius 1 is 1.53 bits per heavy atom. The minimum absolute atomic E-state index is 0.165. The maximum absolute atomic E-state index is 12.7. The molecule has 17 heavy (non-hydrogen) atoms. The highest BCUT2D eigenvalue weighted by Crippen LogP contribution is 2.28. The molecule has 0 aromatic carbocycles. The lowest BCUT2D eigenvalue weighted by Gasteiger charge is -2.05. The van der Waals surface area contributed by atoms with Gasteiger partial charge in [-0.1, -0.05) is 11.6 Å². The molecule has 1 aromatic heterocycles. The third-order valence-electron chi connectivity index (χ3n) is 2.28. The van der Waals surface area contributed by atoms with Crippen LogP contribution in [0.25, 0.3) is 5.03 Å². The van der Waals surface area contributed by atoms with Crippen LogP contribution in [0.3, 0.4) is 0 Å². The molecule has 0 saturated heterocycles. The zero-order valence-electron chi connectivity index (χ0n) is 8.90. The molecule has 1 aliphatic heterocycles. The minimum atomic E-state index is -2.63. The minimum Gasteiger partial charge on any atom is -0.495 e. The summed E-state index contributed by atoms with van der Waals surface area (Å²) in [7, 11) is -1.14. The van der Waals surface area contributed by atoms with Gasteiger partial charge in [-0.2, -0.15) is 0 Å². The summed E-state index contributed by atoms with van der Waals surface area (Å²) in [6.45, 7) is 0. The maximum Gasteiger partial charge on any atom is 0.677 e. The van der Waals surface area contributed by atoms with Crippen LogP contribution in [-0.2, 0) is 4.74 Å². The molecule has 0 unspecified atom stereocenters. The van der Waals surface area contributed by atoms with Crippen LogP contribution in [0.1, 0.15) is 5.69 Å². The number of halogens is 3. The van der Waals surface area contributed by atoms with Crippen molar-refractivity contribution in [3.05, 3.63) is 41.6 Å². The Morgan fingerprint density at radius 2 is 2.29 bits per heavy atom. The summed E-state index contributed by atoms with van der Waals surface area (Å²) in [6, 6.07) is 3.01. The van der Waals surface area contributed by atoms with Crippen molar-refractivity contribution in [3.63, 3.8) is 0 Å². The van der Waals surface area contributed by atoms with Gasteiger partial charge in [0.15, 0.2) is 0 Å². The Morgan fingerprint density at radius 3 is 2.88 bits per heavy atom. The summed E-state index contributed by atoms with van der Waals surface area (Å²) in [5.41, 5.74) is 0.631. The summed E-state index contributed by atoms with van der Waals surface area (Å²) in [4.78, 5) is 3.99. The Kier molecular flexibility index (Phi) is 3.33. The highest BCUT2D eigenvalue weighted by molar-refractivity contribution is 6.51. The van der Waals surface area contributed by atoms with E-state index in [4.69, 9.17) is 16.3 Å². The van der Waals surface area contributed by atoms with Crippen LogP contribution in [0.4, 0.5) is 8.63 Å². The van der Waals surface area contributed by atoms with Crippen LogP contribution in [0.2, 0.25) is 0 Å². The lowest BCUT2D eigenvalue weighted by atomic mass is 10.2. The van der Waals surface area contributed by atoms with Gasteiger partial charge in [0.2, 0.25) is 0 Å². The zero-order chi connectivity index (χ0) is 12.4. The van der Waals surface area contributed by atoms with E-state index in [0.717, 1.165) is 4.48 Å². The molecule has 2 rings (SSSR count). The van der Waals surface area contributed by atoms with Gasteiger partial charge in [0.25, 0.3) is 0 Å². The summed E-state index contributed by atoms with van der Waals surface area (Å²) in [5.74, 6) is 0.535. The normalized spacial score (nSPS) is 17.1. The van der Waals surface area contributed by atoms with Gasteiger partial charge in [-0.05, 0) is 18.3 Å². The smallest absolute Gasteiger partial charge is 0.495 e. The van der Waals surface area contributed by atoms with E-state index in [1.165, 1.54) is 31.7 Å². The lowest BCUT2D eigenvalue weighted by molar-refractivity contribution is 0.318. The highest BCUT2D eigenvalue weighted by atomic mass is 35.5. The number of allylic oxidation sites excluding steroid dienone is 2. The maximum atomic E-state index is 12.7. The average Bonchev–Trinajstić information content (AvgIpc) is 2.97. The second-order valence-electron chi connectivity index (χ2n) is 3.29. The van der Waals surface area contributed by atoms with Crippen LogP contribution >= 0.6 is 11.6 Å². The predicted octanol–water partition coefficient (Wildman–Crippen LogP) is 2.78. The zero-order valence-corrected chi connectivity index (χ0v) is 9.66. The molecular weight excluding hydrogens is 248 g/mol. The molecule has 3 nitrogen and oxygen atoms in total. The van der Waals surface area contributed by atoms with E-state index in [-0.39, 0.29) is 10.7 Å². The van der Waals surface area contributed by atoms with Crippen molar-refractivity contribution >= 4 is 30.2 Å². The fourth-order valence-corrected chi connectivity index (χ4v) is 1.72. The van der Waals surface area contributed by atoms with E-state index in [9.17, 15) is 8.63 Å². The topological polar surface area (TPSA) is 26.5 Å². The van der Waals surface area contributed by atoms with Crippen LogP contribution < -0.4 is 0 Å². The lowest BCUT2D eigenvalue weighted by Crippen LogP contribution is -2.13. The quantitative estimate of drug-likeness (QED) is 0.764. The van der Waals surface area contributed by atoms with Crippen LogP contribution in [0.15, 0.2) is 40.9 Å². The number of rotatable bonds is 3. The van der Waals surface area contributed by atoms with Gasteiger partial charge in [-0.3, -0.25) is 13.6 Å². The summed E-state index contributed by atoms with van der Waals surface area (Å²) >= 11 is 6.04. The van der Waals surface area contributed by atoms with E-state index in [2.05, 4.69) is 4.99 Å². The highest BCUT2D eigenvalue weighted by Gasteiger charge is 2.22. The van der Waals surface area contributed by atoms with Crippen LogP contribution in [0, 0.1) is 0 Å². The molecule has 0 atom stereocenters. The molecule has 2 heterocycles. The first-order valence-electron chi connectivity index (χ1n) is 4.78. The van der Waals surface area contributed by atoms with Crippen molar-refractivity contribution in [1.29, 1.82) is 0 Å². The molecule has 0 bridgehead atoms. The first-order valence-corrected chi connectivity index (χ1v) is 5.16. The van der Waals surface area contributed by atoms with Crippen molar-refractivity contribution in [3.8, 4) is 0 Å². The summed E-state index contributed by atoms with van der Waals surface area (Å²) in [5, 5.41) is 0.165. The number of aliphatic imine (C=N–C) groups is 1. The van der Waals surface area contributed by atoms with Gasteiger partial charge >= 0.3 is 7.40 Å². The van der Waals surface area contributed by atoms with Gasteiger partial charge in [-0.25, -0.2) is 0 Å². The van der Waals surface area contributed by atoms with Crippen LogP contribution in [0.5, 0.6) is 0 Å². The molecule has 0 saturated carbocycles. The Hall–Kier alpha value is -1.56. The molecule has 0 amide bonds. The Balaban J connectivity index is 2.41. The monoisotopic (exact) mass is 256 g/mol. The Bertz CT molecular complexity index is 522. The number of ether oxygens (including phenoxy) is 1. The second kappa shape index (κ2) is 4.75. The molecule has 0 radical (unpaired) electrons. The first-order chi connectivity index (χ1) is 8.13. The molecule has 1 aromatic rings. The number of hydrogen-bond acceptors (Lipinski definition) is 2. The van der Waals surface area contributed by atoms with Crippen molar-refractivity contribution in [1.82, 2.24) is 4.48 Å². The van der Waals surface area contributed by atoms with Crippen molar-refractivity contribution in [2.75, 3.05) is 7.11 Å². The van der Waals surface area contributed by atoms with E-state index in [0.29, 0.717) is 11.5 Å². The third-order valence-corrected chi connectivity index (χ3v) is 2.67. The van der Waals surface area contributed by atoms with Crippen molar-refractivity contribution in [2.24, 2.45) is 4.99 Å². The van der Waals surface area contributed by atoms with Gasteiger partial charge in [0.05, 0.1) is 29.7 Å². The predicted molar refractivity (Wildman–Crippen MR) is 64.2 cm³/mol. The molecule has 7 heteroatoms. The van der Waals surface area contributed by atoms with E-state index >= 15 is 0 Å². The van der Waals surface area contributed by atoms with Crippen LogP contribution in [-0.4, -0.2) is 25.2 Å². The first kappa shape index (κ1) is 11.9. The third kappa shape index (κ3) is 2.26. The fourth-order valence-electron chi connectivity index (χ4n) is 1.46. The standard InChI is InChI=1S/C10H8BClF2N2O/c1-17-7-5-8(15-6-7)10(12)9-3-2-4-16(9)11(13)14/h2-6H,1H3/b10-8+. The van der Waals surface area contributed by atoms with Gasteiger partial charge in [-0.15, -0.1) is 0 Å². The van der Waals surface area contributed by atoms with Crippen molar-refractivity contribution in [2.45, 2.75) is 0 Å². The van der Waals surface area contributed by atoms with E-state index in [1.54, 1.807) is 6.08 Å². The van der Waals surface area contributed by atoms with E-state index < -0.39 is 7.40 Å². The number of aromatic nitrogens is 1. The van der Waals surface area contributed by atoms with Gasteiger partial charge in [0.1, 0.15) is 5.76 Å². The Labute approximate surface area is 102 Å². The molecular formula is C10H8BClF2N2O. The van der Waals surface area contributed by atoms with E-state index in [1.807, 2.05) is 0 Å². The summed E-state index contributed by atoms with van der Waals surface area (Å²) in [6.07, 6.45) is 4.33. The number of nitrogens with zero attached hydrogens (tertiary/aromatic N) is 2. The molecule has 1 aliphatic rings. The molecule has 88 valence electrons. The number of methoxy groups -OCH3 is 1. The fraction of sp³-hybridized carbons (Fsp3) is 0.100. The molecule has 0 spiro atoms. The molecule has 0 N–H and O–H groups in total. The average molecular weight is 256 g/mol.